The first kappa shape index (κ1) is 13.7. The molecule has 0 saturated heterocycles. The summed E-state index contributed by atoms with van der Waals surface area (Å²) in [6.07, 6.45) is 0. The monoisotopic (exact) mass is 301 g/mol. The summed E-state index contributed by atoms with van der Waals surface area (Å²) in [5.41, 5.74) is 6.02. The quantitative estimate of drug-likeness (QED) is 0.652. The second-order valence-electron chi connectivity index (χ2n) is 3.95. The van der Waals surface area contributed by atoms with Gasteiger partial charge in [0, 0.05) is 16.5 Å². The number of hydrogen-bond donors (Lipinski definition) is 3. The van der Waals surface area contributed by atoms with Crippen LogP contribution >= 0.6 is 0 Å². The van der Waals surface area contributed by atoms with Gasteiger partial charge in [-0.1, -0.05) is 6.07 Å². The molecule has 2 aromatic carbocycles. The van der Waals surface area contributed by atoms with E-state index in [4.69, 9.17) is 16.0 Å². The van der Waals surface area contributed by atoms with Gasteiger partial charge in [0.25, 0.3) is 0 Å². The zero-order valence-electron chi connectivity index (χ0n) is 9.57. The average molecular weight is 301 g/mol. The minimum atomic E-state index is -4.00. The first-order valence-corrected chi connectivity index (χ1v) is 8.08. The summed E-state index contributed by atoms with van der Waals surface area (Å²) in [5.74, 6) is 0. The summed E-state index contributed by atoms with van der Waals surface area (Å²) >= 11 is 0. The first-order chi connectivity index (χ1) is 8.60. The third kappa shape index (κ3) is 2.54. The predicted molar refractivity (Wildman–Crippen MR) is 71.1 cm³/mol. The summed E-state index contributed by atoms with van der Waals surface area (Å²) in [6.45, 7) is 0. The molecule has 0 aliphatic carbocycles. The van der Waals surface area contributed by atoms with Crippen LogP contribution in [0.25, 0.3) is 10.8 Å². The number of fused-ring (bicyclic) bond motifs is 1. The highest BCUT2D eigenvalue weighted by Crippen LogP contribution is 2.29. The molecule has 0 atom stereocenters. The van der Waals surface area contributed by atoms with Crippen LogP contribution in [-0.2, 0) is 20.0 Å². The Kier molecular flexibility index (Phi) is 3.01. The van der Waals surface area contributed by atoms with Crippen molar-refractivity contribution in [2.75, 3.05) is 5.73 Å². The fraction of sp³-hybridized carbons (Fsp3) is 0. The lowest BCUT2D eigenvalue weighted by Gasteiger charge is -2.08. The van der Waals surface area contributed by atoms with Gasteiger partial charge in [0.05, 0.1) is 9.79 Å². The first-order valence-electron chi connectivity index (χ1n) is 4.98. The van der Waals surface area contributed by atoms with Crippen LogP contribution in [0.5, 0.6) is 0 Å². The number of hydrogen-bond acceptors (Lipinski definition) is 5. The third-order valence-electron chi connectivity index (χ3n) is 2.62. The van der Waals surface area contributed by atoms with Gasteiger partial charge in [0.15, 0.2) is 0 Å². The van der Waals surface area contributed by atoms with Crippen LogP contribution in [0.4, 0.5) is 5.69 Å². The molecule has 19 heavy (non-hydrogen) atoms. The second kappa shape index (κ2) is 4.17. The van der Waals surface area contributed by atoms with Crippen LogP contribution in [0.2, 0.25) is 0 Å². The van der Waals surface area contributed by atoms with E-state index in [0.29, 0.717) is 11.1 Å². The Balaban J connectivity index is 2.98. The van der Waals surface area contributed by atoms with E-state index in [1.807, 2.05) is 0 Å². The van der Waals surface area contributed by atoms with Crippen molar-refractivity contribution in [1.82, 2.24) is 0 Å². The summed E-state index contributed by atoms with van der Waals surface area (Å²) in [5, 5.41) is 10.6. The SMILES string of the molecule is Nc1ccc(S(N)(=O)=O)c2cc(S(N)(=O)=O)ccc12. The molecule has 0 radical (unpaired) electrons. The van der Waals surface area contributed by atoms with Crippen LogP contribution < -0.4 is 16.0 Å². The molecule has 0 spiro atoms. The topological polar surface area (TPSA) is 146 Å². The summed E-state index contributed by atoms with van der Waals surface area (Å²) < 4.78 is 45.5. The number of nitrogen functional groups attached to an aromatic ring is 1. The summed E-state index contributed by atoms with van der Waals surface area (Å²) in [4.78, 5) is -0.419. The van der Waals surface area contributed by atoms with Gasteiger partial charge >= 0.3 is 0 Å². The van der Waals surface area contributed by atoms with E-state index in [1.54, 1.807) is 0 Å². The Morgan fingerprint density at radius 2 is 1.42 bits per heavy atom. The normalized spacial score (nSPS) is 12.7. The number of nitrogens with two attached hydrogens (primary N) is 3. The van der Waals surface area contributed by atoms with Gasteiger partial charge in [0.1, 0.15) is 0 Å². The largest absolute Gasteiger partial charge is 0.398 e. The highest BCUT2D eigenvalue weighted by molar-refractivity contribution is 7.89. The minimum Gasteiger partial charge on any atom is -0.398 e. The maximum atomic E-state index is 11.5. The van der Waals surface area contributed by atoms with Crippen LogP contribution in [0.3, 0.4) is 0 Å². The van der Waals surface area contributed by atoms with Crippen LogP contribution in [-0.4, -0.2) is 16.8 Å². The van der Waals surface area contributed by atoms with E-state index in [9.17, 15) is 16.8 Å². The Bertz CT molecular complexity index is 873. The molecule has 0 unspecified atom stereocenters. The number of primary sulfonamides is 2. The standard InChI is InChI=1S/C10H11N3O4S2/c11-9-3-4-10(19(13,16)17)8-5-6(18(12,14)15)1-2-7(8)9/h1-5H,11H2,(H2,12,14,15)(H2,13,16,17). The van der Waals surface area contributed by atoms with Crippen molar-refractivity contribution >= 4 is 36.5 Å². The van der Waals surface area contributed by atoms with E-state index < -0.39 is 20.0 Å². The molecule has 0 amide bonds. The second-order valence-corrected chi connectivity index (χ2v) is 7.04. The summed E-state index contributed by atoms with van der Waals surface area (Å²) in [7, 11) is -7.95. The fourth-order valence-electron chi connectivity index (χ4n) is 1.75. The van der Waals surface area contributed by atoms with Gasteiger partial charge in [0.2, 0.25) is 20.0 Å². The molecule has 0 bridgehead atoms. The van der Waals surface area contributed by atoms with Gasteiger partial charge in [-0.3, -0.25) is 0 Å². The lowest BCUT2D eigenvalue weighted by molar-refractivity contribution is 0.595. The van der Waals surface area contributed by atoms with Crippen LogP contribution in [0, 0.1) is 0 Å². The Morgan fingerprint density at radius 1 is 0.789 bits per heavy atom. The van der Waals surface area contributed by atoms with Gasteiger partial charge in [-0.25, -0.2) is 27.1 Å². The van der Waals surface area contributed by atoms with E-state index in [1.165, 1.54) is 24.3 Å². The van der Waals surface area contributed by atoms with Crippen molar-refractivity contribution in [3.8, 4) is 0 Å². The van der Waals surface area contributed by atoms with Gasteiger partial charge in [-0.15, -0.1) is 0 Å². The van der Waals surface area contributed by atoms with E-state index in [2.05, 4.69) is 0 Å². The molecule has 9 heteroatoms. The molecule has 6 N–H and O–H groups in total. The molecular weight excluding hydrogens is 290 g/mol. The number of rotatable bonds is 2. The molecule has 0 saturated carbocycles. The predicted octanol–water partition coefficient (Wildman–Crippen LogP) is -0.283. The number of anilines is 1. The number of benzene rings is 2. The van der Waals surface area contributed by atoms with Crippen LogP contribution in [0.1, 0.15) is 0 Å². The molecule has 2 rings (SSSR count). The highest BCUT2D eigenvalue weighted by atomic mass is 32.2. The molecule has 0 aliphatic rings. The van der Waals surface area contributed by atoms with E-state index in [0.717, 1.165) is 6.07 Å². The van der Waals surface area contributed by atoms with Crippen LogP contribution in [0.15, 0.2) is 40.1 Å². The zero-order valence-corrected chi connectivity index (χ0v) is 11.2. The van der Waals surface area contributed by atoms with Crippen molar-refractivity contribution in [2.24, 2.45) is 10.3 Å². The molecule has 102 valence electrons. The van der Waals surface area contributed by atoms with Crippen molar-refractivity contribution in [3.05, 3.63) is 30.3 Å². The maximum absolute atomic E-state index is 11.5. The Morgan fingerprint density at radius 3 is 1.95 bits per heavy atom. The smallest absolute Gasteiger partial charge is 0.238 e. The Labute approximate surface area is 110 Å². The summed E-state index contributed by atoms with van der Waals surface area (Å²) in [6, 6.07) is 6.39. The van der Waals surface area contributed by atoms with Gasteiger partial charge in [-0.05, 0) is 24.3 Å². The lowest BCUT2D eigenvalue weighted by Crippen LogP contribution is -2.14. The number of sulfonamides is 2. The third-order valence-corrected chi connectivity index (χ3v) is 4.50. The fourth-order valence-corrected chi connectivity index (χ4v) is 3.02. The molecule has 0 heterocycles. The Hall–Kier alpha value is -1.68. The highest BCUT2D eigenvalue weighted by Gasteiger charge is 2.16. The van der Waals surface area contributed by atoms with E-state index in [-0.39, 0.29) is 15.2 Å². The van der Waals surface area contributed by atoms with Gasteiger partial charge in [-0.2, -0.15) is 0 Å². The molecule has 7 nitrogen and oxygen atoms in total. The van der Waals surface area contributed by atoms with Crippen molar-refractivity contribution < 1.29 is 16.8 Å². The van der Waals surface area contributed by atoms with Crippen molar-refractivity contribution in [2.45, 2.75) is 9.79 Å². The molecule has 2 aromatic rings. The average Bonchev–Trinajstić information content (AvgIpc) is 2.26. The molecule has 0 fully saturated rings. The minimum absolute atomic E-state index is 0.119. The van der Waals surface area contributed by atoms with Crippen molar-refractivity contribution in [1.29, 1.82) is 0 Å². The maximum Gasteiger partial charge on any atom is 0.238 e. The van der Waals surface area contributed by atoms with Gasteiger partial charge < -0.3 is 5.73 Å². The van der Waals surface area contributed by atoms with Crippen molar-refractivity contribution in [3.63, 3.8) is 0 Å². The molecule has 0 aliphatic heterocycles. The van der Waals surface area contributed by atoms with E-state index >= 15 is 0 Å². The lowest BCUT2D eigenvalue weighted by atomic mass is 10.1. The molecular formula is C10H11N3O4S2. The molecule has 0 aromatic heterocycles. The zero-order chi connectivity index (χ0) is 14.4.